The Kier molecular flexibility index (Phi) is 4.85. The molecule has 1 aromatic carbocycles. The molecule has 0 saturated heterocycles. The maximum absolute atomic E-state index is 12.0. The molecule has 112 valence electrons. The first-order valence-corrected chi connectivity index (χ1v) is 7.11. The van der Waals surface area contributed by atoms with E-state index in [1.165, 1.54) is 0 Å². The van der Waals surface area contributed by atoms with Gasteiger partial charge >= 0.3 is 0 Å². The Morgan fingerprint density at radius 2 is 2.00 bits per heavy atom. The van der Waals surface area contributed by atoms with Crippen LogP contribution in [0.5, 0.6) is 5.75 Å². The van der Waals surface area contributed by atoms with Crippen LogP contribution in [0.1, 0.15) is 18.3 Å². The van der Waals surface area contributed by atoms with E-state index >= 15 is 0 Å². The lowest BCUT2D eigenvalue weighted by Gasteiger charge is -2.08. The van der Waals surface area contributed by atoms with E-state index in [1.54, 1.807) is 16.8 Å². The normalized spacial score (nSPS) is 10.5. The number of ether oxygens (including phenoxy) is 1. The third-order valence-electron chi connectivity index (χ3n) is 3.04. The van der Waals surface area contributed by atoms with Crippen LogP contribution >= 0.6 is 11.6 Å². The largest absolute Gasteiger partial charge is 0.494 e. The lowest BCUT2D eigenvalue weighted by molar-refractivity contribution is -0.116. The molecule has 1 amide bonds. The van der Waals surface area contributed by atoms with Crippen molar-refractivity contribution < 1.29 is 9.53 Å². The number of aromatic nitrogens is 2. The molecule has 0 fully saturated rings. The van der Waals surface area contributed by atoms with Gasteiger partial charge in [-0.1, -0.05) is 11.6 Å². The lowest BCUT2D eigenvalue weighted by atomic mass is 10.3. The number of carbonyl (C=O) groups is 1. The highest BCUT2D eigenvalue weighted by Gasteiger charge is 2.12. The van der Waals surface area contributed by atoms with Gasteiger partial charge in [-0.2, -0.15) is 5.10 Å². The van der Waals surface area contributed by atoms with Crippen molar-refractivity contribution in [1.82, 2.24) is 9.78 Å². The van der Waals surface area contributed by atoms with Crippen LogP contribution < -0.4 is 10.1 Å². The Hall–Kier alpha value is -2.01. The highest BCUT2D eigenvalue weighted by atomic mass is 35.5. The smallest absolute Gasteiger partial charge is 0.246 e. The second-order valence-corrected chi connectivity index (χ2v) is 5.03. The third kappa shape index (κ3) is 3.76. The fourth-order valence-corrected chi connectivity index (χ4v) is 2.10. The van der Waals surface area contributed by atoms with Crippen molar-refractivity contribution in [2.24, 2.45) is 0 Å². The van der Waals surface area contributed by atoms with Gasteiger partial charge in [0.15, 0.2) is 0 Å². The Balaban J connectivity index is 1.99. The maximum atomic E-state index is 12.0. The van der Waals surface area contributed by atoms with E-state index in [1.807, 2.05) is 32.9 Å². The fourth-order valence-electron chi connectivity index (χ4n) is 1.97. The van der Waals surface area contributed by atoms with Gasteiger partial charge in [0.25, 0.3) is 0 Å². The van der Waals surface area contributed by atoms with Gasteiger partial charge in [-0.3, -0.25) is 9.48 Å². The van der Waals surface area contributed by atoms with E-state index in [0.29, 0.717) is 11.6 Å². The summed E-state index contributed by atoms with van der Waals surface area (Å²) in [5.41, 5.74) is 2.23. The number of nitrogens with one attached hydrogen (secondary N) is 1. The summed E-state index contributed by atoms with van der Waals surface area (Å²) in [4.78, 5) is 12.0. The first-order chi connectivity index (χ1) is 10.0. The Morgan fingerprint density at radius 1 is 1.33 bits per heavy atom. The number of benzene rings is 1. The molecule has 0 bridgehead atoms. The Bertz CT molecular complexity index is 635. The summed E-state index contributed by atoms with van der Waals surface area (Å²) in [6.45, 7) is 6.33. The highest BCUT2D eigenvalue weighted by molar-refractivity contribution is 6.31. The molecule has 0 aliphatic rings. The summed E-state index contributed by atoms with van der Waals surface area (Å²) >= 11 is 6.06. The molecule has 5 nitrogen and oxygen atoms in total. The molecule has 0 spiro atoms. The zero-order valence-electron chi connectivity index (χ0n) is 12.3. The van der Waals surface area contributed by atoms with Crippen LogP contribution in [0.2, 0.25) is 5.02 Å². The van der Waals surface area contributed by atoms with Crippen LogP contribution in [0, 0.1) is 13.8 Å². The average molecular weight is 308 g/mol. The van der Waals surface area contributed by atoms with E-state index in [9.17, 15) is 4.79 Å². The molecule has 2 rings (SSSR count). The van der Waals surface area contributed by atoms with Crippen molar-refractivity contribution in [2.45, 2.75) is 27.3 Å². The summed E-state index contributed by atoms with van der Waals surface area (Å²) in [6.07, 6.45) is 0. The summed E-state index contributed by atoms with van der Waals surface area (Å²) < 4.78 is 6.95. The molecule has 0 atom stereocenters. The predicted octanol–water partition coefficient (Wildman–Crippen LogP) is 3.19. The fraction of sp³-hybridized carbons (Fsp3) is 0.333. The summed E-state index contributed by atoms with van der Waals surface area (Å²) in [5.74, 6) is 0.627. The standard InChI is InChI=1S/C15H18ClN3O2/c1-4-21-13-7-5-12(6-8-13)17-14(20)9-19-11(3)15(16)10(2)18-19/h5-8H,4,9H2,1-3H3,(H,17,20). The first kappa shape index (κ1) is 15.4. The third-order valence-corrected chi connectivity index (χ3v) is 3.58. The molecule has 0 aliphatic heterocycles. The zero-order chi connectivity index (χ0) is 15.4. The van der Waals surface area contributed by atoms with Gasteiger partial charge < -0.3 is 10.1 Å². The zero-order valence-corrected chi connectivity index (χ0v) is 13.1. The van der Waals surface area contributed by atoms with Gasteiger partial charge in [-0.25, -0.2) is 0 Å². The number of hydrogen-bond donors (Lipinski definition) is 1. The summed E-state index contributed by atoms with van der Waals surface area (Å²) in [5, 5.41) is 7.65. The second kappa shape index (κ2) is 6.63. The van der Waals surface area contributed by atoms with Crippen molar-refractivity contribution in [1.29, 1.82) is 0 Å². The molecule has 1 heterocycles. The van der Waals surface area contributed by atoms with Crippen molar-refractivity contribution in [3.8, 4) is 5.75 Å². The molecule has 2 aromatic rings. The van der Waals surface area contributed by atoms with Gasteiger partial charge in [0, 0.05) is 5.69 Å². The Labute approximate surface area is 128 Å². The molecule has 1 aromatic heterocycles. The molecule has 1 N–H and O–H groups in total. The molecule has 0 radical (unpaired) electrons. The maximum Gasteiger partial charge on any atom is 0.246 e. The van der Waals surface area contributed by atoms with Crippen LogP contribution in [0.4, 0.5) is 5.69 Å². The number of amides is 1. The van der Waals surface area contributed by atoms with Crippen molar-refractivity contribution in [2.75, 3.05) is 11.9 Å². The quantitative estimate of drug-likeness (QED) is 0.923. The number of halogens is 1. The number of hydrogen-bond acceptors (Lipinski definition) is 3. The van der Waals surface area contributed by atoms with Crippen LogP contribution in [0.15, 0.2) is 24.3 Å². The Morgan fingerprint density at radius 3 is 2.52 bits per heavy atom. The van der Waals surface area contributed by atoms with Crippen molar-refractivity contribution >= 4 is 23.2 Å². The van der Waals surface area contributed by atoms with Gasteiger partial charge in [0.2, 0.25) is 5.91 Å². The van der Waals surface area contributed by atoms with Crippen molar-refractivity contribution in [3.05, 3.63) is 40.7 Å². The molecular weight excluding hydrogens is 290 g/mol. The number of rotatable bonds is 5. The molecule has 6 heteroatoms. The average Bonchev–Trinajstić information content (AvgIpc) is 2.69. The number of aryl methyl sites for hydroxylation is 1. The van der Waals surface area contributed by atoms with Crippen LogP contribution in [-0.2, 0) is 11.3 Å². The minimum absolute atomic E-state index is 0.132. The monoisotopic (exact) mass is 307 g/mol. The van der Waals surface area contributed by atoms with E-state index in [2.05, 4.69) is 10.4 Å². The molecular formula is C15H18ClN3O2. The summed E-state index contributed by atoms with van der Waals surface area (Å²) in [6, 6.07) is 7.24. The van der Waals surface area contributed by atoms with Crippen LogP contribution in [0.3, 0.4) is 0 Å². The summed E-state index contributed by atoms with van der Waals surface area (Å²) in [7, 11) is 0. The van der Waals surface area contributed by atoms with Gasteiger partial charge in [0.1, 0.15) is 12.3 Å². The molecule has 0 saturated carbocycles. The van der Waals surface area contributed by atoms with Gasteiger partial charge in [0.05, 0.1) is 23.0 Å². The molecule has 21 heavy (non-hydrogen) atoms. The second-order valence-electron chi connectivity index (χ2n) is 4.65. The van der Waals surface area contributed by atoms with Crippen LogP contribution in [-0.4, -0.2) is 22.3 Å². The molecule has 0 unspecified atom stereocenters. The number of carbonyl (C=O) groups excluding carboxylic acids is 1. The topological polar surface area (TPSA) is 56.1 Å². The van der Waals surface area contributed by atoms with Gasteiger partial charge in [-0.15, -0.1) is 0 Å². The molecule has 0 aliphatic carbocycles. The van der Waals surface area contributed by atoms with E-state index in [-0.39, 0.29) is 12.5 Å². The SMILES string of the molecule is CCOc1ccc(NC(=O)Cn2nc(C)c(Cl)c2C)cc1. The first-order valence-electron chi connectivity index (χ1n) is 6.73. The van der Waals surface area contributed by atoms with E-state index in [0.717, 1.165) is 22.8 Å². The van der Waals surface area contributed by atoms with E-state index < -0.39 is 0 Å². The van der Waals surface area contributed by atoms with Gasteiger partial charge in [-0.05, 0) is 45.0 Å². The van der Waals surface area contributed by atoms with Crippen molar-refractivity contribution in [3.63, 3.8) is 0 Å². The number of anilines is 1. The lowest BCUT2D eigenvalue weighted by Crippen LogP contribution is -2.20. The predicted molar refractivity (Wildman–Crippen MR) is 83.0 cm³/mol. The van der Waals surface area contributed by atoms with E-state index in [4.69, 9.17) is 16.3 Å². The van der Waals surface area contributed by atoms with Crippen LogP contribution in [0.25, 0.3) is 0 Å². The minimum Gasteiger partial charge on any atom is -0.494 e. The number of nitrogens with zero attached hydrogens (tertiary/aromatic N) is 2. The minimum atomic E-state index is -0.151. The highest BCUT2D eigenvalue weighted by Crippen LogP contribution is 2.19.